The van der Waals surface area contributed by atoms with Crippen molar-refractivity contribution in [3.8, 4) is 0 Å². The molecule has 0 amide bonds. The van der Waals surface area contributed by atoms with Gasteiger partial charge >= 0.3 is 6.00 Å². The molecule has 12 heavy (non-hydrogen) atoms. The summed E-state index contributed by atoms with van der Waals surface area (Å²) in [7, 11) is 0. The summed E-state index contributed by atoms with van der Waals surface area (Å²) in [6.45, 7) is 0. The monoisotopic (exact) mass is 234 g/mol. The zero-order chi connectivity index (χ0) is 8.77. The molecule has 0 spiro atoms. The molecule has 0 unspecified atom stereocenters. The summed E-state index contributed by atoms with van der Waals surface area (Å²) in [6.07, 6.45) is 4.06. The highest BCUT2D eigenvalue weighted by Gasteiger charge is 2.28. The number of hydrogen-bond donors (Lipinski definition) is 0. The Morgan fingerprint density at radius 2 is 1.58 bits per heavy atom. The molecule has 0 heterocycles. The van der Waals surface area contributed by atoms with E-state index in [9.17, 15) is 0 Å². The minimum atomic E-state index is -2.67. The topological polar surface area (TPSA) is 0 Å². The van der Waals surface area contributed by atoms with Crippen molar-refractivity contribution in [2.24, 2.45) is 0 Å². The fraction of sp³-hybridized carbons (Fsp3) is 0. The second-order valence-electron chi connectivity index (χ2n) is 2.67. The Morgan fingerprint density at radius 1 is 0.917 bits per heavy atom. The molecular weight excluding hydrogens is 231 g/mol. The highest BCUT2D eigenvalue weighted by molar-refractivity contribution is 7.69. The number of fused-ring (bicyclic) bond motifs is 1. The summed E-state index contributed by atoms with van der Waals surface area (Å²) in [5.74, 6) is 0. The van der Waals surface area contributed by atoms with Gasteiger partial charge in [0.05, 0.1) is 0 Å². The molecule has 0 saturated heterocycles. The van der Waals surface area contributed by atoms with Gasteiger partial charge in [-0.15, -0.1) is 33.2 Å². The summed E-state index contributed by atoms with van der Waals surface area (Å²) in [5.41, 5.74) is 2.40. The number of rotatable bonds is 1. The first-order valence-electron chi connectivity index (χ1n) is 3.47. The molecule has 0 aromatic heterocycles. The quantitative estimate of drug-likeness (QED) is 0.526. The third-order valence-corrected chi connectivity index (χ3v) is 4.79. The first kappa shape index (κ1) is 8.64. The lowest BCUT2D eigenvalue weighted by atomic mass is 9.98. The second kappa shape index (κ2) is 2.77. The Labute approximate surface area is 85.9 Å². The van der Waals surface area contributed by atoms with Gasteiger partial charge in [0.1, 0.15) is 0 Å². The first-order chi connectivity index (χ1) is 5.57. The van der Waals surface area contributed by atoms with Crippen molar-refractivity contribution in [1.29, 1.82) is 0 Å². The van der Waals surface area contributed by atoms with E-state index in [0.29, 0.717) is 0 Å². The van der Waals surface area contributed by atoms with Crippen LogP contribution in [0.5, 0.6) is 0 Å². The maximum absolute atomic E-state index is 5.85. The van der Waals surface area contributed by atoms with Crippen LogP contribution in [0.1, 0.15) is 11.1 Å². The number of benzene rings is 1. The van der Waals surface area contributed by atoms with Crippen LogP contribution < -0.4 is 5.19 Å². The van der Waals surface area contributed by atoms with Crippen molar-refractivity contribution in [1.82, 2.24) is 0 Å². The van der Waals surface area contributed by atoms with Gasteiger partial charge in [-0.2, -0.15) is 0 Å². The standard InChI is InChI=1S/C8H5Cl3Si/c9-12(10,11)8-4-3-6-1-2-7(6)5-8/h1-5H. The first-order valence-corrected chi connectivity index (χ1v) is 8.50. The predicted octanol–water partition coefficient (Wildman–Crippen LogP) is 3.03. The minimum absolute atomic E-state index is 0.857. The van der Waals surface area contributed by atoms with Crippen molar-refractivity contribution in [2.75, 3.05) is 0 Å². The van der Waals surface area contributed by atoms with E-state index < -0.39 is 6.00 Å². The zero-order valence-corrected chi connectivity index (χ0v) is 9.29. The zero-order valence-electron chi connectivity index (χ0n) is 6.02. The van der Waals surface area contributed by atoms with Crippen molar-refractivity contribution in [3.05, 3.63) is 29.3 Å². The molecule has 1 aliphatic rings. The van der Waals surface area contributed by atoms with Crippen LogP contribution in [0.3, 0.4) is 0 Å². The molecule has 4 heteroatoms. The average molecular weight is 236 g/mol. The van der Waals surface area contributed by atoms with Gasteiger partial charge in [0, 0.05) is 0 Å². The lowest BCUT2D eigenvalue weighted by Crippen LogP contribution is -2.30. The number of halogens is 3. The third kappa shape index (κ3) is 1.42. The molecule has 0 saturated carbocycles. The van der Waals surface area contributed by atoms with Gasteiger partial charge in [0.2, 0.25) is 0 Å². The second-order valence-corrected chi connectivity index (χ2v) is 11.1. The lowest BCUT2D eigenvalue weighted by molar-refractivity contribution is 1.61. The van der Waals surface area contributed by atoms with Crippen molar-refractivity contribution in [2.45, 2.75) is 0 Å². The maximum Gasteiger partial charge on any atom is 0.372 e. The fourth-order valence-corrected chi connectivity index (χ4v) is 2.78. The van der Waals surface area contributed by atoms with Crippen LogP contribution >= 0.6 is 33.2 Å². The summed E-state index contributed by atoms with van der Waals surface area (Å²) < 4.78 is 0. The van der Waals surface area contributed by atoms with Gasteiger partial charge in [0.15, 0.2) is 0 Å². The SMILES string of the molecule is Cl[Si](Cl)(Cl)c1ccc2c(c1)C=C2. The fourth-order valence-electron chi connectivity index (χ4n) is 1.13. The normalized spacial score (nSPS) is 13.9. The van der Waals surface area contributed by atoms with Gasteiger partial charge in [-0.1, -0.05) is 30.4 Å². The highest BCUT2D eigenvalue weighted by atomic mass is 35.8. The predicted molar refractivity (Wildman–Crippen MR) is 58.3 cm³/mol. The van der Waals surface area contributed by atoms with Gasteiger partial charge in [0.25, 0.3) is 0 Å². The molecule has 0 radical (unpaired) electrons. The van der Waals surface area contributed by atoms with E-state index in [0.717, 1.165) is 5.19 Å². The Hall–Kier alpha value is 0.0469. The Kier molecular flexibility index (Phi) is 2.00. The molecule has 1 aliphatic carbocycles. The molecule has 0 nitrogen and oxygen atoms in total. The third-order valence-electron chi connectivity index (χ3n) is 1.86. The Morgan fingerprint density at radius 3 is 2.00 bits per heavy atom. The number of hydrogen-bond acceptors (Lipinski definition) is 0. The molecule has 0 atom stereocenters. The van der Waals surface area contributed by atoms with E-state index in [4.69, 9.17) is 33.2 Å². The molecular formula is C8H5Cl3Si. The van der Waals surface area contributed by atoms with E-state index in [1.807, 2.05) is 30.4 Å². The van der Waals surface area contributed by atoms with Gasteiger partial charge in [-0.3, -0.25) is 0 Å². The van der Waals surface area contributed by atoms with Gasteiger partial charge in [-0.05, 0) is 16.3 Å². The lowest BCUT2D eigenvalue weighted by Gasteiger charge is -2.14. The molecule has 62 valence electrons. The van der Waals surface area contributed by atoms with Crippen LogP contribution in [0, 0.1) is 0 Å². The van der Waals surface area contributed by atoms with Gasteiger partial charge in [-0.25, -0.2) is 0 Å². The van der Waals surface area contributed by atoms with Crippen LogP contribution in [-0.2, 0) is 0 Å². The summed E-state index contributed by atoms with van der Waals surface area (Å²) in [6, 6.07) is 3.16. The van der Waals surface area contributed by atoms with Crippen LogP contribution in [0.2, 0.25) is 0 Å². The summed E-state index contributed by atoms with van der Waals surface area (Å²) in [4.78, 5) is 0. The minimum Gasteiger partial charge on any atom is -0.121 e. The highest BCUT2D eigenvalue weighted by Crippen LogP contribution is 2.26. The molecule has 0 bridgehead atoms. The van der Waals surface area contributed by atoms with Crippen LogP contribution in [-0.4, -0.2) is 6.00 Å². The maximum atomic E-state index is 5.85. The van der Waals surface area contributed by atoms with E-state index in [-0.39, 0.29) is 0 Å². The Bertz CT molecular complexity index is 352. The van der Waals surface area contributed by atoms with E-state index in [2.05, 4.69) is 0 Å². The van der Waals surface area contributed by atoms with Crippen LogP contribution in [0.25, 0.3) is 12.2 Å². The Balaban J connectivity index is 2.45. The molecule has 0 fully saturated rings. The average Bonchev–Trinajstić information content (AvgIpc) is 1.89. The van der Waals surface area contributed by atoms with E-state index in [1.165, 1.54) is 11.1 Å². The summed E-state index contributed by atoms with van der Waals surface area (Å²) in [5, 5.41) is 0.857. The van der Waals surface area contributed by atoms with Gasteiger partial charge < -0.3 is 0 Å². The smallest absolute Gasteiger partial charge is 0.121 e. The molecule has 1 aromatic rings. The summed E-state index contributed by atoms with van der Waals surface area (Å²) >= 11 is 17.6. The van der Waals surface area contributed by atoms with E-state index in [1.54, 1.807) is 0 Å². The van der Waals surface area contributed by atoms with Crippen molar-refractivity contribution < 1.29 is 0 Å². The van der Waals surface area contributed by atoms with Crippen molar-refractivity contribution >= 4 is 56.6 Å². The largest absolute Gasteiger partial charge is 0.372 e. The van der Waals surface area contributed by atoms with Crippen LogP contribution in [0.15, 0.2) is 18.2 Å². The van der Waals surface area contributed by atoms with Crippen LogP contribution in [0.4, 0.5) is 0 Å². The molecule has 0 N–H and O–H groups in total. The molecule has 1 aromatic carbocycles. The van der Waals surface area contributed by atoms with Crippen molar-refractivity contribution in [3.63, 3.8) is 0 Å². The molecule has 0 aliphatic heterocycles. The molecule has 2 rings (SSSR count). The van der Waals surface area contributed by atoms with E-state index >= 15 is 0 Å².